The predicted molar refractivity (Wildman–Crippen MR) is 120 cm³/mol. The number of ether oxygens (including phenoxy) is 2. The van der Waals surface area contributed by atoms with E-state index in [2.05, 4.69) is 27.3 Å². The van der Waals surface area contributed by atoms with Crippen LogP contribution in [-0.4, -0.2) is 21.6 Å². The minimum Gasteiger partial charge on any atom is -0.486 e. The van der Waals surface area contributed by atoms with Crippen molar-refractivity contribution in [1.29, 1.82) is 0 Å². The molecule has 0 spiro atoms. The molecule has 5 nitrogen and oxygen atoms in total. The fourth-order valence-corrected chi connectivity index (χ4v) is 4.81. The van der Waals surface area contributed by atoms with Crippen molar-refractivity contribution >= 4 is 32.6 Å². The second kappa shape index (κ2) is 8.73. The van der Waals surface area contributed by atoms with Gasteiger partial charge in [0.05, 0.1) is 10.9 Å². The summed E-state index contributed by atoms with van der Waals surface area (Å²) in [5.41, 5.74) is 1.87. The first-order chi connectivity index (χ1) is 14.0. The van der Waals surface area contributed by atoms with E-state index >= 15 is 0 Å². The summed E-state index contributed by atoms with van der Waals surface area (Å²) in [5, 5.41) is 0. The summed E-state index contributed by atoms with van der Waals surface area (Å²) in [6.45, 7) is 0.993. The van der Waals surface area contributed by atoms with Gasteiger partial charge in [0.2, 0.25) is 10.0 Å². The second-order valence-corrected chi connectivity index (χ2v) is 9.68. The maximum absolute atomic E-state index is 13.0. The van der Waals surface area contributed by atoms with Crippen LogP contribution in [0.2, 0.25) is 0 Å². The molecule has 1 N–H and O–H groups in total. The lowest BCUT2D eigenvalue weighted by Crippen LogP contribution is -2.30. The lowest BCUT2D eigenvalue weighted by atomic mass is 9.99. The Kier molecular flexibility index (Phi) is 6.07. The van der Waals surface area contributed by atoms with E-state index in [0.29, 0.717) is 31.1 Å². The van der Waals surface area contributed by atoms with Crippen LogP contribution in [0.5, 0.6) is 11.5 Å². The molecule has 3 aromatic carbocycles. The minimum absolute atomic E-state index is 0.244. The Morgan fingerprint density at radius 1 is 0.897 bits per heavy atom. The molecular formula is C22H20INO4S. The van der Waals surface area contributed by atoms with Crippen molar-refractivity contribution in [2.24, 2.45) is 0 Å². The predicted octanol–water partition coefficient (Wildman–Crippen LogP) is 4.32. The normalized spacial score (nSPS) is 14.4. The van der Waals surface area contributed by atoms with Gasteiger partial charge in [-0.25, -0.2) is 13.1 Å². The van der Waals surface area contributed by atoms with Crippen molar-refractivity contribution in [3.05, 3.63) is 87.5 Å². The first-order valence-corrected chi connectivity index (χ1v) is 11.8. The molecule has 0 aliphatic carbocycles. The smallest absolute Gasteiger partial charge is 0.241 e. The second-order valence-electron chi connectivity index (χ2n) is 6.72. The van der Waals surface area contributed by atoms with E-state index in [1.807, 2.05) is 48.5 Å². The summed E-state index contributed by atoms with van der Waals surface area (Å²) < 4.78 is 41.2. The highest BCUT2D eigenvalue weighted by Gasteiger charge is 2.24. The van der Waals surface area contributed by atoms with Crippen LogP contribution < -0.4 is 14.2 Å². The Morgan fingerprint density at radius 2 is 1.59 bits per heavy atom. The van der Waals surface area contributed by atoms with Crippen LogP contribution in [0.15, 0.2) is 77.7 Å². The molecule has 3 aromatic rings. The minimum atomic E-state index is -3.69. The standard InChI is InChI=1S/C22H20INO4S/c23-18-7-9-19(10-8-18)29(25,26)24-20(14-16-4-2-1-3-5-16)17-6-11-21-22(15-17)28-13-12-27-21/h1-11,15,20,24H,12-14H2. The third kappa shape index (κ3) is 4.91. The van der Waals surface area contributed by atoms with E-state index in [9.17, 15) is 8.42 Å². The summed E-state index contributed by atoms with van der Waals surface area (Å²) in [5.74, 6) is 1.32. The molecule has 150 valence electrons. The van der Waals surface area contributed by atoms with Gasteiger partial charge >= 0.3 is 0 Å². The largest absolute Gasteiger partial charge is 0.486 e. The molecule has 1 aliphatic rings. The first-order valence-electron chi connectivity index (χ1n) is 9.23. The zero-order valence-electron chi connectivity index (χ0n) is 15.5. The average molecular weight is 521 g/mol. The lowest BCUT2D eigenvalue weighted by Gasteiger charge is -2.23. The molecule has 7 heteroatoms. The van der Waals surface area contributed by atoms with E-state index in [1.54, 1.807) is 24.3 Å². The zero-order chi connectivity index (χ0) is 20.3. The Hall–Kier alpha value is -2.10. The number of rotatable bonds is 6. The summed E-state index contributed by atoms with van der Waals surface area (Å²) in [6, 6.07) is 21.8. The van der Waals surface area contributed by atoms with Gasteiger partial charge in [0.15, 0.2) is 11.5 Å². The Balaban J connectivity index is 1.67. The van der Waals surface area contributed by atoms with Gasteiger partial charge < -0.3 is 9.47 Å². The van der Waals surface area contributed by atoms with Crippen molar-refractivity contribution in [2.45, 2.75) is 17.4 Å². The molecule has 0 amide bonds. The first kappa shape index (κ1) is 20.2. The molecule has 4 rings (SSSR count). The Bertz CT molecular complexity index is 1090. The van der Waals surface area contributed by atoms with E-state index < -0.39 is 16.1 Å². The van der Waals surface area contributed by atoms with Gasteiger partial charge in [0.1, 0.15) is 13.2 Å². The SMILES string of the molecule is O=S(=O)(NC(Cc1ccccc1)c1ccc2c(c1)OCCO2)c1ccc(I)cc1. The maximum Gasteiger partial charge on any atom is 0.241 e. The molecule has 0 bridgehead atoms. The van der Waals surface area contributed by atoms with Crippen LogP contribution in [0.4, 0.5) is 0 Å². The van der Waals surface area contributed by atoms with Crippen LogP contribution >= 0.6 is 22.6 Å². The molecule has 1 aliphatic heterocycles. The Morgan fingerprint density at radius 3 is 2.31 bits per heavy atom. The molecule has 0 saturated carbocycles. The van der Waals surface area contributed by atoms with E-state index in [-0.39, 0.29) is 4.90 Å². The monoisotopic (exact) mass is 521 g/mol. The van der Waals surface area contributed by atoms with Gasteiger partial charge in [-0.2, -0.15) is 0 Å². The molecular weight excluding hydrogens is 501 g/mol. The van der Waals surface area contributed by atoms with Crippen LogP contribution in [0.25, 0.3) is 0 Å². The third-order valence-corrected chi connectivity index (χ3v) is 6.88. The number of hydrogen-bond donors (Lipinski definition) is 1. The van der Waals surface area contributed by atoms with E-state index in [1.165, 1.54) is 0 Å². The van der Waals surface area contributed by atoms with Gasteiger partial charge in [0.25, 0.3) is 0 Å². The highest BCUT2D eigenvalue weighted by molar-refractivity contribution is 14.1. The molecule has 0 radical (unpaired) electrons. The van der Waals surface area contributed by atoms with Crippen LogP contribution in [0.3, 0.4) is 0 Å². The third-order valence-electron chi connectivity index (χ3n) is 4.67. The molecule has 1 atom stereocenters. The molecule has 0 fully saturated rings. The maximum atomic E-state index is 13.0. The number of benzene rings is 3. The molecule has 29 heavy (non-hydrogen) atoms. The van der Waals surface area contributed by atoms with Crippen molar-refractivity contribution < 1.29 is 17.9 Å². The topological polar surface area (TPSA) is 64.6 Å². The van der Waals surface area contributed by atoms with E-state index in [4.69, 9.17) is 9.47 Å². The number of sulfonamides is 1. The van der Waals surface area contributed by atoms with Crippen LogP contribution in [0, 0.1) is 3.57 Å². The lowest BCUT2D eigenvalue weighted by molar-refractivity contribution is 0.171. The number of fused-ring (bicyclic) bond motifs is 1. The van der Waals surface area contributed by atoms with E-state index in [0.717, 1.165) is 14.7 Å². The highest BCUT2D eigenvalue weighted by Crippen LogP contribution is 2.34. The van der Waals surface area contributed by atoms with Crippen molar-refractivity contribution in [3.63, 3.8) is 0 Å². The molecule has 0 saturated heterocycles. The van der Waals surface area contributed by atoms with Gasteiger partial charge in [-0.05, 0) is 76.5 Å². The van der Waals surface area contributed by atoms with Gasteiger partial charge in [-0.3, -0.25) is 0 Å². The van der Waals surface area contributed by atoms with Crippen molar-refractivity contribution in [1.82, 2.24) is 4.72 Å². The molecule has 0 aromatic heterocycles. The van der Waals surface area contributed by atoms with Gasteiger partial charge in [0, 0.05) is 3.57 Å². The fraction of sp³-hybridized carbons (Fsp3) is 0.182. The number of nitrogens with one attached hydrogen (secondary N) is 1. The quantitative estimate of drug-likeness (QED) is 0.491. The van der Waals surface area contributed by atoms with Crippen molar-refractivity contribution in [2.75, 3.05) is 13.2 Å². The summed E-state index contributed by atoms with van der Waals surface area (Å²) in [7, 11) is -3.69. The Labute approximate surface area is 184 Å². The van der Waals surface area contributed by atoms with Crippen LogP contribution in [0.1, 0.15) is 17.2 Å². The highest BCUT2D eigenvalue weighted by atomic mass is 127. The number of halogens is 1. The average Bonchev–Trinajstić information content (AvgIpc) is 2.74. The molecule has 1 unspecified atom stereocenters. The fourth-order valence-electron chi connectivity index (χ4n) is 3.22. The summed E-state index contributed by atoms with van der Waals surface area (Å²) >= 11 is 2.15. The van der Waals surface area contributed by atoms with Crippen molar-refractivity contribution in [3.8, 4) is 11.5 Å². The zero-order valence-corrected chi connectivity index (χ0v) is 18.5. The summed E-state index contributed by atoms with van der Waals surface area (Å²) in [6.07, 6.45) is 0.518. The summed E-state index contributed by atoms with van der Waals surface area (Å²) in [4.78, 5) is 0.244. The van der Waals surface area contributed by atoms with Gasteiger partial charge in [-0.15, -0.1) is 0 Å². The van der Waals surface area contributed by atoms with Crippen LogP contribution in [-0.2, 0) is 16.4 Å². The molecule has 1 heterocycles. The number of hydrogen-bond acceptors (Lipinski definition) is 4. The van der Waals surface area contributed by atoms with Gasteiger partial charge in [-0.1, -0.05) is 36.4 Å².